The van der Waals surface area contributed by atoms with Crippen LogP contribution in [0.25, 0.3) is 0 Å². The highest BCUT2D eigenvalue weighted by molar-refractivity contribution is 6.28. The molecular weight excluding hydrogens is 270 g/mol. The van der Waals surface area contributed by atoms with E-state index in [1.165, 1.54) is 7.11 Å². The third-order valence-corrected chi connectivity index (χ3v) is 3.18. The molecule has 0 aromatic carbocycles. The summed E-state index contributed by atoms with van der Waals surface area (Å²) in [4.78, 5) is 21.7. The van der Waals surface area contributed by atoms with Crippen molar-refractivity contribution in [3.8, 4) is 0 Å². The van der Waals surface area contributed by atoms with Crippen LogP contribution in [-0.2, 0) is 9.47 Å². The van der Waals surface area contributed by atoms with Crippen molar-refractivity contribution < 1.29 is 14.3 Å². The zero-order valence-corrected chi connectivity index (χ0v) is 11.8. The van der Waals surface area contributed by atoms with Gasteiger partial charge in [0.25, 0.3) is 0 Å². The van der Waals surface area contributed by atoms with Crippen LogP contribution in [0.3, 0.4) is 0 Å². The standard InChI is InChI=1S/C12H16ClN3O3/c1-7-5-19-6-8(2)16(7)10-4-9(11(17)18-3)14-12(13)15-10/h4,7-8H,5-6H2,1-3H3/t7-,8-/m0/s1. The van der Waals surface area contributed by atoms with Crippen LogP contribution < -0.4 is 4.90 Å². The van der Waals surface area contributed by atoms with Gasteiger partial charge in [0, 0.05) is 6.07 Å². The second-order valence-electron chi connectivity index (χ2n) is 4.51. The van der Waals surface area contributed by atoms with Gasteiger partial charge in [0.15, 0.2) is 5.69 Å². The number of rotatable bonds is 2. The molecule has 19 heavy (non-hydrogen) atoms. The second kappa shape index (κ2) is 5.71. The highest BCUT2D eigenvalue weighted by Crippen LogP contribution is 2.23. The molecule has 0 N–H and O–H groups in total. The molecule has 0 saturated carbocycles. The molecule has 1 aromatic heterocycles. The van der Waals surface area contributed by atoms with Gasteiger partial charge in [-0.15, -0.1) is 0 Å². The molecule has 1 fully saturated rings. The molecular formula is C12H16ClN3O3. The maximum absolute atomic E-state index is 11.5. The third-order valence-electron chi connectivity index (χ3n) is 3.01. The number of methoxy groups -OCH3 is 1. The van der Waals surface area contributed by atoms with E-state index in [0.29, 0.717) is 19.0 Å². The number of carbonyl (C=O) groups is 1. The van der Waals surface area contributed by atoms with Crippen molar-refractivity contribution in [2.45, 2.75) is 25.9 Å². The Kier molecular flexibility index (Phi) is 4.21. The second-order valence-corrected chi connectivity index (χ2v) is 4.85. The zero-order valence-electron chi connectivity index (χ0n) is 11.1. The van der Waals surface area contributed by atoms with Crippen molar-refractivity contribution in [2.75, 3.05) is 25.2 Å². The molecule has 104 valence electrons. The molecule has 0 bridgehead atoms. The molecule has 0 unspecified atom stereocenters. The summed E-state index contributed by atoms with van der Waals surface area (Å²) >= 11 is 5.88. The summed E-state index contributed by atoms with van der Waals surface area (Å²) in [5, 5.41) is 0.0313. The van der Waals surface area contributed by atoms with E-state index >= 15 is 0 Å². The summed E-state index contributed by atoms with van der Waals surface area (Å²) in [6.45, 7) is 5.28. The largest absolute Gasteiger partial charge is 0.464 e. The molecule has 0 spiro atoms. The fraction of sp³-hybridized carbons (Fsp3) is 0.583. The Balaban J connectivity index is 2.38. The number of anilines is 1. The lowest BCUT2D eigenvalue weighted by atomic mass is 10.1. The van der Waals surface area contributed by atoms with Crippen LogP contribution >= 0.6 is 11.6 Å². The lowest BCUT2D eigenvalue weighted by Crippen LogP contribution is -2.50. The summed E-state index contributed by atoms with van der Waals surface area (Å²) in [5.41, 5.74) is 0.156. The van der Waals surface area contributed by atoms with Crippen LogP contribution in [0.1, 0.15) is 24.3 Å². The molecule has 2 rings (SSSR count). The highest BCUT2D eigenvalue weighted by Gasteiger charge is 2.28. The summed E-state index contributed by atoms with van der Waals surface area (Å²) in [6, 6.07) is 1.90. The van der Waals surface area contributed by atoms with E-state index in [9.17, 15) is 4.79 Å². The van der Waals surface area contributed by atoms with Gasteiger partial charge in [-0.2, -0.15) is 0 Å². The van der Waals surface area contributed by atoms with E-state index in [1.54, 1.807) is 6.07 Å². The fourth-order valence-electron chi connectivity index (χ4n) is 2.20. The van der Waals surface area contributed by atoms with E-state index in [1.807, 2.05) is 13.8 Å². The Morgan fingerprint density at radius 1 is 1.42 bits per heavy atom. The number of hydrogen-bond donors (Lipinski definition) is 0. The van der Waals surface area contributed by atoms with Crippen LogP contribution in [0.5, 0.6) is 0 Å². The average Bonchev–Trinajstić information content (AvgIpc) is 2.37. The first-order chi connectivity index (χ1) is 9.02. The number of ether oxygens (including phenoxy) is 2. The molecule has 2 atom stereocenters. The maximum atomic E-state index is 11.5. The van der Waals surface area contributed by atoms with E-state index in [4.69, 9.17) is 16.3 Å². The van der Waals surface area contributed by atoms with Gasteiger partial charge < -0.3 is 14.4 Å². The van der Waals surface area contributed by atoms with Gasteiger partial charge in [-0.1, -0.05) is 0 Å². The van der Waals surface area contributed by atoms with Gasteiger partial charge >= 0.3 is 5.97 Å². The molecule has 1 aromatic rings. The Morgan fingerprint density at radius 3 is 2.63 bits per heavy atom. The Morgan fingerprint density at radius 2 is 2.05 bits per heavy atom. The minimum Gasteiger partial charge on any atom is -0.464 e. The number of halogens is 1. The summed E-state index contributed by atoms with van der Waals surface area (Å²) in [7, 11) is 1.30. The lowest BCUT2D eigenvalue weighted by Gasteiger charge is -2.39. The van der Waals surface area contributed by atoms with Gasteiger partial charge in [0.1, 0.15) is 5.82 Å². The van der Waals surface area contributed by atoms with Crippen molar-refractivity contribution in [2.24, 2.45) is 0 Å². The molecule has 1 aliphatic rings. The maximum Gasteiger partial charge on any atom is 0.356 e. The van der Waals surface area contributed by atoms with Crippen LogP contribution in [-0.4, -0.2) is 48.3 Å². The van der Waals surface area contributed by atoms with Gasteiger partial charge in [0.2, 0.25) is 5.28 Å². The van der Waals surface area contributed by atoms with E-state index in [-0.39, 0.29) is 23.1 Å². The first-order valence-corrected chi connectivity index (χ1v) is 6.39. The first kappa shape index (κ1) is 14.0. The van der Waals surface area contributed by atoms with Crippen molar-refractivity contribution in [3.63, 3.8) is 0 Å². The first-order valence-electron chi connectivity index (χ1n) is 6.02. The smallest absolute Gasteiger partial charge is 0.356 e. The minimum absolute atomic E-state index is 0.0313. The van der Waals surface area contributed by atoms with Crippen LogP contribution in [0.4, 0.5) is 5.82 Å². The SMILES string of the molecule is COC(=O)c1cc(N2[C@@H](C)COC[C@@H]2C)nc(Cl)n1. The topological polar surface area (TPSA) is 64.5 Å². The number of nitrogens with zero attached hydrogens (tertiary/aromatic N) is 3. The Hall–Kier alpha value is -1.40. The monoisotopic (exact) mass is 285 g/mol. The molecule has 0 aliphatic carbocycles. The Labute approximate surface area is 116 Å². The van der Waals surface area contributed by atoms with Crippen LogP contribution in [0.2, 0.25) is 5.28 Å². The number of carbonyl (C=O) groups excluding carboxylic acids is 1. The number of esters is 1. The predicted molar refractivity (Wildman–Crippen MR) is 70.6 cm³/mol. The number of aromatic nitrogens is 2. The summed E-state index contributed by atoms with van der Waals surface area (Å²) in [6.07, 6.45) is 0. The molecule has 0 radical (unpaired) electrons. The van der Waals surface area contributed by atoms with Crippen molar-refractivity contribution >= 4 is 23.4 Å². The fourth-order valence-corrected chi connectivity index (χ4v) is 2.38. The van der Waals surface area contributed by atoms with Gasteiger partial charge in [-0.25, -0.2) is 14.8 Å². The molecule has 1 aliphatic heterocycles. The van der Waals surface area contributed by atoms with Crippen molar-refractivity contribution in [3.05, 3.63) is 17.0 Å². The average molecular weight is 286 g/mol. The predicted octanol–water partition coefficient (Wildman–Crippen LogP) is 1.53. The zero-order chi connectivity index (χ0) is 14.0. The van der Waals surface area contributed by atoms with Crippen LogP contribution in [0.15, 0.2) is 6.07 Å². The quantitative estimate of drug-likeness (QED) is 0.606. The van der Waals surface area contributed by atoms with E-state index in [2.05, 4.69) is 19.6 Å². The highest BCUT2D eigenvalue weighted by atomic mass is 35.5. The normalized spacial score (nSPS) is 23.3. The van der Waals surface area contributed by atoms with Crippen molar-refractivity contribution in [1.29, 1.82) is 0 Å². The summed E-state index contributed by atoms with van der Waals surface area (Å²) in [5.74, 6) is 0.0859. The molecule has 0 amide bonds. The van der Waals surface area contributed by atoms with Gasteiger partial charge in [0.05, 0.1) is 32.4 Å². The van der Waals surface area contributed by atoms with Gasteiger partial charge in [-0.3, -0.25) is 0 Å². The summed E-state index contributed by atoms with van der Waals surface area (Å²) < 4.78 is 10.1. The minimum atomic E-state index is -0.529. The van der Waals surface area contributed by atoms with E-state index < -0.39 is 5.97 Å². The van der Waals surface area contributed by atoms with E-state index in [0.717, 1.165) is 0 Å². The van der Waals surface area contributed by atoms with Crippen molar-refractivity contribution in [1.82, 2.24) is 9.97 Å². The third kappa shape index (κ3) is 2.96. The van der Waals surface area contributed by atoms with Crippen LogP contribution in [0, 0.1) is 0 Å². The molecule has 6 nitrogen and oxygen atoms in total. The molecule has 2 heterocycles. The molecule has 1 saturated heterocycles. The number of morpholine rings is 1. The lowest BCUT2D eigenvalue weighted by molar-refractivity contribution is 0.0593. The molecule has 7 heteroatoms. The Bertz CT molecular complexity index is 473. The number of hydrogen-bond acceptors (Lipinski definition) is 6. The van der Waals surface area contributed by atoms with Gasteiger partial charge in [-0.05, 0) is 25.4 Å².